The van der Waals surface area contributed by atoms with Crippen molar-refractivity contribution in [2.75, 3.05) is 17.6 Å². The molecule has 0 spiro atoms. The van der Waals surface area contributed by atoms with E-state index in [4.69, 9.17) is 11.6 Å². The number of nitrogens with one attached hydrogen (secondary N) is 1. The van der Waals surface area contributed by atoms with Gasteiger partial charge in [-0.15, -0.1) is 23.1 Å². The summed E-state index contributed by atoms with van der Waals surface area (Å²) in [7, 11) is 0. The van der Waals surface area contributed by atoms with Crippen LogP contribution < -0.4 is 5.32 Å². The molecule has 1 saturated heterocycles. The molecule has 0 unspecified atom stereocenters. The van der Waals surface area contributed by atoms with Crippen molar-refractivity contribution in [1.82, 2.24) is 9.88 Å². The molecular formula is C20H15ClFN3OS2. The van der Waals surface area contributed by atoms with Gasteiger partial charge in [-0.3, -0.25) is 4.79 Å². The molecule has 1 amide bonds. The zero-order valence-corrected chi connectivity index (χ0v) is 17.0. The number of nitrogens with zero attached hydrogens (tertiary/aromatic N) is 2. The predicted molar refractivity (Wildman–Crippen MR) is 115 cm³/mol. The number of benzene rings is 2. The predicted octanol–water partition coefficient (Wildman–Crippen LogP) is 5.87. The summed E-state index contributed by atoms with van der Waals surface area (Å²) in [5, 5.41) is 7.18. The summed E-state index contributed by atoms with van der Waals surface area (Å²) in [5.74, 6) is 0.486. The largest absolute Gasteiger partial charge is 0.332 e. The molecule has 1 aromatic heterocycles. The number of carbonyl (C=O) groups is 1. The van der Waals surface area contributed by atoms with E-state index < -0.39 is 0 Å². The lowest BCUT2D eigenvalue weighted by molar-refractivity contribution is 0.0831. The highest BCUT2D eigenvalue weighted by Gasteiger charge is 2.25. The Balaban J connectivity index is 1.51. The molecule has 142 valence electrons. The van der Waals surface area contributed by atoms with Crippen molar-refractivity contribution in [3.05, 3.63) is 81.0 Å². The summed E-state index contributed by atoms with van der Waals surface area (Å²) >= 11 is 9.09. The van der Waals surface area contributed by atoms with Crippen molar-refractivity contribution in [3.63, 3.8) is 0 Å². The van der Waals surface area contributed by atoms with Crippen LogP contribution in [0.25, 0.3) is 6.08 Å². The minimum absolute atomic E-state index is 0.0707. The van der Waals surface area contributed by atoms with E-state index in [9.17, 15) is 9.18 Å². The van der Waals surface area contributed by atoms with Crippen molar-refractivity contribution >= 4 is 57.5 Å². The second-order valence-corrected chi connectivity index (χ2v) is 8.42. The van der Waals surface area contributed by atoms with Crippen molar-refractivity contribution in [2.45, 2.75) is 0 Å². The fraction of sp³-hybridized carbons (Fsp3) is 0.100. The lowest BCUT2D eigenvalue weighted by Gasteiger charge is -2.17. The first-order chi connectivity index (χ1) is 13.6. The number of amides is 1. The van der Waals surface area contributed by atoms with Crippen molar-refractivity contribution < 1.29 is 9.18 Å². The van der Waals surface area contributed by atoms with E-state index in [0.717, 1.165) is 22.2 Å². The fourth-order valence-corrected chi connectivity index (χ4v) is 4.62. The second-order valence-electron chi connectivity index (χ2n) is 6.01. The van der Waals surface area contributed by atoms with Gasteiger partial charge in [0.25, 0.3) is 5.91 Å². The molecule has 2 aromatic carbocycles. The van der Waals surface area contributed by atoms with Crippen LogP contribution in [0.4, 0.5) is 15.2 Å². The third-order valence-electron chi connectivity index (χ3n) is 4.04. The Morgan fingerprint density at radius 1 is 1.25 bits per heavy atom. The average molecular weight is 432 g/mol. The topological polar surface area (TPSA) is 45.2 Å². The van der Waals surface area contributed by atoms with Gasteiger partial charge < -0.3 is 10.2 Å². The van der Waals surface area contributed by atoms with Gasteiger partial charge in [0.05, 0.1) is 10.7 Å². The zero-order chi connectivity index (χ0) is 19.5. The summed E-state index contributed by atoms with van der Waals surface area (Å²) in [6.45, 7) is 0.646. The lowest BCUT2D eigenvalue weighted by Crippen LogP contribution is -2.26. The molecule has 3 aromatic rings. The Kier molecular flexibility index (Phi) is 5.66. The van der Waals surface area contributed by atoms with Crippen molar-refractivity contribution in [2.24, 2.45) is 0 Å². The number of carbonyl (C=O) groups excluding carboxylic acids is 1. The van der Waals surface area contributed by atoms with E-state index in [-0.39, 0.29) is 11.7 Å². The Morgan fingerprint density at radius 2 is 2.07 bits per heavy atom. The third-order valence-corrected chi connectivity index (χ3v) is 6.07. The third kappa shape index (κ3) is 4.38. The van der Waals surface area contributed by atoms with Crippen LogP contribution in [0.1, 0.15) is 16.1 Å². The van der Waals surface area contributed by atoms with E-state index >= 15 is 0 Å². The first-order valence-electron chi connectivity index (χ1n) is 8.48. The number of anilines is 2. The number of thioether (sulfide) groups is 1. The number of aromatic nitrogens is 1. The first kappa shape index (κ1) is 19.0. The Labute approximate surface area is 175 Å². The van der Waals surface area contributed by atoms with Gasteiger partial charge in [-0.1, -0.05) is 17.7 Å². The monoisotopic (exact) mass is 431 g/mol. The van der Waals surface area contributed by atoms with Gasteiger partial charge in [0.2, 0.25) is 0 Å². The van der Waals surface area contributed by atoms with Crippen molar-refractivity contribution in [3.8, 4) is 0 Å². The maximum Gasteiger partial charge on any atom is 0.258 e. The Bertz CT molecular complexity index is 1040. The Morgan fingerprint density at radius 3 is 2.86 bits per heavy atom. The highest BCUT2D eigenvalue weighted by atomic mass is 35.5. The molecular weight excluding hydrogens is 417 g/mol. The summed E-state index contributed by atoms with van der Waals surface area (Å²) in [5.41, 5.74) is 2.10. The zero-order valence-electron chi connectivity index (χ0n) is 14.6. The van der Waals surface area contributed by atoms with Crippen LogP contribution in [-0.4, -0.2) is 28.1 Å². The minimum atomic E-state index is -0.280. The molecule has 28 heavy (non-hydrogen) atoms. The highest BCUT2D eigenvalue weighted by Crippen LogP contribution is 2.32. The average Bonchev–Trinajstić information content (AvgIpc) is 3.33. The first-order valence-corrected chi connectivity index (χ1v) is 10.7. The maximum atomic E-state index is 13.0. The summed E-state index contributed by atoms with van der Waals surface area (Å²) in [6.07, 6.45) is 1.91. The van der Waals surface area contributed by atoms with Crippen LogP contribution in [0.5, 0.6) is 0 Å². The molecule has 0 saturated carbocycles. The molecule has 1 aliphatic rings. The van der Waals surface area contributed by atoms with E-state index in [1.807, 2.05) is 11.5 Å². The van der Waals surface area contributed by atoms with Crippen LogP contribution in [0.15, 0.2) is 58.9 Å². The molecule has 0 aliphatic carbocycles. The fourth-order valence-electron chi connectivity index (χ4n) is 2.72. The molecule has 0 bridgehead atoms. The molecule has 2 heterocycles. The highest BCUT2D eigenvalue weighted by molar-refractivity contribution is 8.03. The van der Waals surface area contributed by atoms with Gasteiger partial charge in [0.15, 0.2) is 5.13 Å². The number of halogens is 2. The second kappa shape index (κ2) is 8.34. The number of hydrogen-bond donors (Lipinski definition) is 1. The van der Waals surface area contributed by atoms with E-state index in [2.05, 4.69) is 10.3 Å². The normalized spacial score (nSPS) is 15.2. The standard InChI is InChI=1S/C20H15ClFN3OS2/c21-14-3-1-2-13(10-14)19(26)25-8-9-27-18(25)11-17-12-28-20(24-17)23-16-6-4-15(22)5-7-16/h1-7,10-12H,8-9H2,(H,23,24)/b18-11+. The molecule has 1 fully saturated rings. The smallest absolute Gasteiger partial charge is 0.258 e. The molecule has 4 rings (SSSR count). The van der Waals surface area contributed by atoms with E-state index in [1.165, 1.54) is 23.5 Å². The van der Waals surface area contributed by atoms with Crippen molar-refractivity contribution in [1.29, 1.82) is 0 Å². The lowest BCUT2D eigenvalue weighted by atomic mass is 10.2. The molecule has 1 N–H and O–H groups in total. The number of hydrogen-bond acceptors (Lipinski definition) is 5. The molecule has 0 radical (unpaired) electrons. The quantitative estimate of drug-likeness (QED) is 0.561. The summed E-state index contributed by atoms with van der Waals surface area (Å²) in [4.78, 5) is 19.1. The van der Waals surface area contributed by atoms with Gasteiger partial charge in [0.1, 0.15) is 5.82 Å². The van der Waals surface area contributed by atoms with Gasteiger partial charge in [-0.2, -0.15) is 0 Å². The Hall–Kier alpha value is -2.35. The maximum absolute atomic E-state index is 13.0. The molecule has 0 atom stereocenters. The van der Waals surface area contributed by atoms with E-state index in [0.29, 0.717) is 22.3 Å². The van der Waals surface area contributed by atoms with Crippen LogP contribution in [0, 0.1) is 5.82 Å². The molecule has 4 nitrogen and oxygen atoms in total. The number of rotatable bonds is 4. The van der Waals surface area contributed by atoms with Gasteiger partial charge in [0, 0.05) is 34.0 Å². The summed E-state index contributed by atoms with van der Waals surface area (Å²) in [6, 6.07) is 13.1. The van der Waals surface area contributed by atoms with E-state index in [1.54, 1.807) is 53.1 Å². The molecule has 1 aliphatic heterocycles. The van der Waals surface area contributed by atoms with Gasteiger partial charge in [-0.25, -0.2) is 9.37 Å². The minimum Gasteiger partial charge on any atom is -0.332 e. The number of thiazole rings is 1. The summed E-state index contributed by atoms with van der Waals surface area (Å²) < 4.78 is 13.0. The molecule has 8 heteroatoms. The van der Waals surface area contributed by atoms with Crippen LogP contribution in [0.2, 0.25) is 5.02 Å². The SMILES string of the molecule is O=C(c1cccc(Cl)c1)N1CCS/C1=C/c1csc(Nc2ccc(F)cc2)n1. The van der Waals surface area contributed by atoms with Crippen LogP contribution >= 0.6 is 34.7 Å². The van der Waals surface area contributed by atoms with Crippen LogP contribution in [-0.2, 0) is 0 Å². The van der Waals surface area contributed by atoms with Gasteiger partial charge in [-0.05, 0) is 48.5 Å². The van der Waals surface area contributed by atoms with Crippen LogP contribution in [0.3, 0.4) is 0 Å². The van der Waals surface area contributed by atoms with Gasteiger partial charge >= 0.3 is 0 Å².